The zero-order valence-electron chi connectivity index (χ0n) is 10.8. The molecule has 0 aliphatic carbocycles. The van der Waals surface area contributed by atoms with Gasteiger partial charge in [-0.2, -0.15) is 0 Å². The predicted molar refractivity (Wildman–Crippen MR) is 69.1 cm³/mol. The maximum atomic E-state index is 3.14. The first-order valence-corrected chi connectivity index (χ1v) is 5.94. The molecule has 0 bridgehead atoms. The van der Waals surface area contributed by atoms with E-state index in [0.29, 0.717) is 0 Å². The summed E-state index contributed by atoms with van der Waals surface area (Å²) in [6, 6.07) is 8.86. The highest BCUT2D eigenvalue weighted by atomic mass is 14.8. The zero-order chi connectivity index (χ0) is 11.7. The molecule has 1 N–H and O–H groups in total. The summed E-state index contributed by atoms with van der Waals surface area (Å²) in [6.07, 6.45) is 1.18. The van der Waals surface area contributed by atoms with Crippen molar-refractivity contribution in [3.05, 3.63) is 35.4 Å². The fraction of sp³-hybridized carbons (Fsp3) is 0.571. The third kappa shape index (κ3) is 6.29. The second kappa shape index (κ2) is 8.49. The lowest BCUT2D eigenvalue weighted by Gasteiger charge is -2.05. The molecule has 0 aromatic heterocycles. The van der Waals surface area contributed by atoms with E-state index in [1.165, 1.54) is 17.5 Å². The fourth-order valence-corrected chi connectivity index (χ4v) is 1.47. The monoisotopic (exact) mass is 207 g/mol. The van der Waals surface area contributed by atoms with Crippen LogP contribution in [0.1, 0.15) is 38.8 Å². The minimum absolute atomic E-state index is 0.746. The Hall–Kier alpha value is -0.820. The molecule has 1 aromatic carbocycles. The van der Waals surface area contributed by atoms with Gasteiger partial charge in [0.1, 0.15) is 0 Å². The summed E-state index contributed by atoms with van der Waals surface area (Å²) in [5.74, 6) is 0.746. The van der Waals surface area contributed by atoms with Gasteiger partial charge in [-0.1, -0.05) is 52.0 Å². The number of rotatable bonds is 4. The first-order chi connectivity index (χ1) is 7.22. The smallest absolute Gasteiger partial charge is 0.0202 e. The van der Waals surface area contributed by atoms with Crippen molar-refractivity contribution in [3.8, 4) is 0 Å². The molecular formula is C14H25N. The molecule has 0 radical (unpaired) electrons. The maximum absolute atomic E-state index is 3.14. The molecule has 1 aromatic rings. The third-order valence-electron chi connectivity index (χ3n) is 2.05. The summed E-state index contributed by atoms with van der Waals surface area (Å²) >= 11 is 0. The van der Waals surface area contributed by atoms with Crippen LogP contribution in [0.15, 0.2) is 24.3 Å². The van der Waals surface area contributed by atoms with Crippen molar-refractivity contribution in [2.75, 3.05) is 7.05 Å². The van der Waals surface area contributed by atoms with Gasteiger partial charge in [-0.05, 0) is 30.5 Å². The van der Waals surface area contributed by atoms with Crippen LogP contribution in [0, 0.1) is 5.92 Å². The molecule has 0 atom stereocenters. The molecule has 0 heterocycles. The quantitative estimate of drug-likeness (QED) is 0.795. The lowest BCUT2D eigenvalue weighted by atomic mass is 10.0. The number of nitrogens with one attached hydrogen (secondary N) is 1. The van der Waals surface area contributed by atoms with Crippen LogP contribution < -0.4 is 5.32 Å². The van der Waals surface area contributed by atoms with Crippen LogP contribution in [-0.4, -0.2) is 7.05 Å². The molecule has 0 fully saturated rings. The molecule has 1 nitrogen and oxygen atoms in total. The van der Waals surface area contributed by atoms with E-state index in [2.05, 4.69) is 43.4 Å². The summed E-state index contributed by atoms with van der Waals surface area (Å²) < 4.78 is 0. The van der Waals surface area contributed by atoms with Crippen LogP contribution >= 0.6 is 0 Å². The van der Waals surface area contributed by atoms with Crippen LogP contribution in [-0.2, 0) is 13.0 Å². The highest BCUT2D eigenvalue weighted by Crippen LogP contribution is 2.09. The first-order valence-electron chi connectivity index (χ1n) is 5.94. The van der Waals surface area contributed by atoms with E-state index >= 15 is 0 Å². The van der Waals surface area contributed by atoms with Crippen molar-refractivity contribution in [3.63, 3.8) is 0 Å². The van der Waals surface area contributed by atoms with Gasteiger partial charge in [-0.3, -0.25) is 0 Å². The molecule has 0 unspecified atom stereocenters. The van der Waals surface area contributed by atoms with E-state index in [1.807, 2.05) is 20.9 Å². The molecule has 0 amide bonds. The van der Waals surface area contributed by atoms with Crippen molar-refractivity contribution in [1.29, 1.82) is 0 Å². The van der Waals surface area contributed by atoms with Crippen molar-refractivity contribution in [1.82, 2.24) is 5.32 Å². The van der Waals surface area contributed by atoms with E-state index in [0.717, 1.165) is 12.5 Å². The van der Waals surface area contributed by atoms with Crippen LogP contribution in [0.5, 0.6) is 0 Å². The van der Waals surface area contributed by atoms with Crippen LogP contribution in [0.2, 0.25) is 0 Å². The minimum Gasteiger partial charge on any atom is -0.316 e. The third-order valence-corrected chi connectivity index (χ3v) is 2.05. The molecule has 86 valence electrons. The van der Waals surface area contributed by atoms with Crippen LogP contribution in [0.25, 0.3) is 0 Å². The van der Waals surface area contributed by atoms with Crippen molar-refractivity contribution < 1.29 is 0 Å². The van der Waals surface area contributed by atoms with Crippen LogP contribution in [0.3, 0.4) is 0 Å². The van der Waals surface area contributed by atoms with E-state index in [-0.39, 0.29) is 0 Å². The Balaban J connectivity index is 0.000000921. The Morgan fingerprint density at radius 2 is 1.47 bits per heavy atom. The maximum Gasteiger partial charge on any atom is 0.0202 e. The van der Waals surface area contributed by atoms with Gasteiger partial charge in [0.05, 0.1) is 0 Å². The standard InChI is InChI=1S/C12H19N.C2H6/c1-10(2)8-11-4-6-12(7-5-11)9-13-3;1-2/h4-7,10,13H,8-9H2,1-3H3;1-2H3. The number of benzene rings is 1. The van der Waals surface area contributed by atoms with E-state index in [4.69, 9.17) is 0 Å². The molecule has 0 aliphatic rings. The number of hydrogen-bond acceptors (Lipinski definition) is 1. The van der Waals surface area contributed by atoms with Crippen molar-refractivity contribution in [2.24, 2.45) is 5.92 Å². The second-order valence-electron chi connectivity index (χ2n) is 3.94. The molecule has 1 rings (SSSR count). The summed E-state index contributed by atoms with van der Waals surface area (Å²) in [5.41, 5.74) is 2.80. The van der Waals surface area contributed by atoms with E-state index < -0.39 is 0 Å². The van der Waals surface area contributed by atoms with Gasteiger partial charge >= 0.3 is 0 Å². The van der Waals surface area contributed by atoms with Gasteiger partial charge in [0.15, 0.2) is 0 Å². The zero-order valence-corrected chi connectivity index (χ0v) is 10.8. The summed E-state index contributed by atoms with van der Waals surface area (Å²) in [7, 11) is 1.97. The Kier molecular flexibility index (Phi) is 8.02. The molecule has 0 saturated carbocycles. The topological polar surface area (TPSA) is 12.0 Å². The van der Waals surface area contributed by atoms with Gasteiger partial charge in [0.25, 0.3) is 0 Å². The Bertz CT molecular complexity index is 236. The molecule has 0 saturated heterocycles. The van der Waals surface area contributed by atoms with Crippen LogP contribution in [0.4, 0.5) is 0 Å². The highest BCUT2D eigenvalue weighted by molar-refractivity contribution is 5.22. The van der Waals surface area contributed by atoms with Gasteiger partial charge in [0, 0.05) is 6.54 Å². The number of hydrogen-bond donors (Lipinski definition) is 1. The van der Waals surface area contributed by atoms with Gasteiger partial charge in [-0.25, -0.2) is 0 Å². The normalized spacial score (nSPS) is 9.73. The van der Waals surface area contributed by atoms with Gasteiger partial charge < -0.3 is 5.32 Å². The minimum atomic E-state index is 0.746. The van der Waals surface area contributed by atoms with Gasteiger partial charge in [0.2, 0.25) is 0 Å². The van der Waals surface area contributed by atoms with E-state index in [9.17, 15) is 0 Å². The predicted octanol–water partition coefficient (Wildman–Crippen LogP) is 3.63. The average Bonchev–Trinajstić information content (AvgIpc) is 2.24. The summed E-state index contributed by atoms with van der Waals surface area (Å²) in [6.45, 7) is 9.46. The van der Waals surface area contributed by atoms with Crippen molar-refractivity contribution in [2.45, 2.75) is 40.7 Å². The second-order valence-corrected chi connectivity index (χ2v) is 3.94. The van der Waals surface area contributed by atoms with Crippen molar-refractivity contribution >= 4 is 0 Å². The Labute approximate surface area is 94.9 Å². The molecular weight excluding hydrogens is 182 g/mol. The molecule has 0 aliphatic heterocycles. The lowest BCUT2D eigenvalue weighted by Crippen LogP contribution is -2.04. The average molecular weight is 207 g/mol. The van der Waals surface area contributed by atoms with Gasteiger partial charge in [-0.15, -0.1) is 0 Å². The first kappa shape index (κ1) is 14.2. The Morgan fingerprint density at radius 1 is 1.00 bits per heavy atom. The fourth-order valence-electron chi connectivity index (χ4n) is 1.47. The lowest BCUT2D eigenvalue weighted by molar-refractivity contribution is 0.647. The molecule has 0 spiro atoms. The SMILES string of the molecule is CC.CNCc1ccc(CC(C)C)cc1. The summed E-state index contributed by atoms with van der Waals surface area (Å²) in [4.78, 5) is 0. The highest BCUT2D eigenvalue weighted by Gasteiger charge is 1.97. The van der Waals surface area contributed by atoms with E-state index in [1.54, 1.807) is 0 Å². The molecule has 1 heteroatoms. The summed E-state index contributed by atoms with van der Waals surface area (Å²) in [5, 5.41) is 3.14. The largest absolute Gasteiger partial charge is 0.316 e. The Morgan fingerprint density at radius 3 is 1.87 bits per heavy atom. The molecule has 15 heavy (non-hydrogen) atoms.